The number of rotatable bonds is 2. The topological polar surface area (TPSA) is 93.8 Å². The van der Waals surface area contributed by atoms with Crippen LogP contribution in [-0.4, -0.2) is 27.1 Å². The van der Waals surface area contributed by atoms with Crippen molar-refractivity contribution in [1.82, 2.24) is 20.5 Å². The Hall–Kier alpha value is -1.72. The quantitative estimate of drug-likeness (QED) is 0.791. The van der Waals surface area contributed by atoms with Crippen LogP contribution in [0, 0.1) is 6.92 Å². The number of nitrogen functional groups attached to an aromatic ring is 1. The highest BCUT2D eigenvalue weighted by atomic mass is 16.2. The Kier molecular flexibility index (Phi) is 3.51. The van der Waals surface area contributed by atoms with Crippen molar-refractivity contribution in [1.29, 1.82) is 0 Å². The average Bonchev–Trinajstić information content (AvgIpc) is 2.33. The number of anilines is 1. The van der Waals surface area contributed by atoms with Gasteiger partial charge in [-0.15, -0.1) is 10.2 Å². The molecule has 1 aromatic rings. The van der Waals surface area contributed by atoms with Gasteiger partial charge in [-0.3, -0.25) is 4.79 Å². The highest BCUT2D eigenvalue weighted by molar-refractivity contribution is 5.96. The summed E-state index contributed by atoms with van der Waals surface area (Å²) in [5, 5.41) is 10.4. The minimum atomic E-state index is -0.243. The SMILES string of the molecule is Cc1nnc(N)c(C(=O)NC2CCCCC2)n1. The predicted octanol–water partition coefficient (Wildman–Crippen LogP) is 0.825. The van der Waals surface area contributed by atoms with Crippen LogP contribution in [0.5, 0.6) is 0 Å². The van der Waals surface area contributed by atoms with Gasteiger partial charge in [0.05, 0.1) is 0 Å². The van der Waals surface area contributed by atoms with Crippen molar-refractivity contribution >= 4 is 11.7 Å². The van der Waals surface area contributed by atoms with E-state index < -0.39 is 0 Å². The third-order valence-corrected chi connectivity index (χ3v) is 2.97. The molecule has 1 aromatic heterocycles. The number of carbonyl (C=O) groups excluding carboxylic acids is 1. The van der Waals surface area contributed by atoms with Crippen LogP contribution < -0.4 is 11.1 Å². The summed E-state index contributed by atoms with van der Waals surface area (Å²) in [6.45, 7) is 1.68. The van der Waals surface area contributed by atoms with Gasteiger partial charge in [-0.25, -0.2) is 4.98 Å². The number of nitrogens with two attached hydrogens (primary N) is 1. The molecule has 1 fully saturated rings. The second-order valence-electron chi connectivity index (χ2n) is 4.40. The minimum Gasteiger partial charge on any atom is -0.380 e. The molecule has 0 radical (unpaired) electrons. The van der Waals surface area contributed by atoms with E-state index in [0.717, 1.165) is 12.8 Å². The lowest BCUT2D eigenvalue weighted by molar-refractivity contribution is 0.0922. The lowest BCUT2D eigenvalue weighted by Gasteiger charge is -2.22. The van der Waals surface area contributed by atoms with Crippen LogP contribution in [0.4, 0.5) is 5.82 Å². The third kappa shape index (κ3) is 2.89. The van der Waals surface area contributed by atoms with Gasteiger partial charge in [0.2, 0.25) is 0 Å². The van der Waals surface area contributed by atoms with E-state index in [1.807, 2.05) is 0 Å². The van der Waals surface area contributed by atoms with Gasteiger partial charge >= 0.3 is 0 Å². The van der Waals surface area contributed by atoms with Crippen LogP contribution in [0.25, 0.3) is 0 Å². The lowest BCUT2D eigenvalue weighted by atomic mass is 9.95. The summed E-state index contributed by atoms with van der Waals surface area (Å²) in [4.78, 5) is 16.0. The first-order valence-electron chi connectivity index (χ1n) is 5.94. The molecule has 0 spiro atoms. The molecule has 6 nitrogen and oxygen atoms in total. The maximum Gasteiger partial charge on any atom is 0.274 e. The Bertz CT molecular complexity index is 414. The van der Waals surface area contributed by atoms with Gasteiger partial charge in [0.15, 0.2) is 11.5 Å². The first kappa shape index (κ1) is 11.8. The monoisotopic (exact) mass is 235 g/mol. The maximum atomic E-state index is 12.0. The molecule has 6 heteroatoms. The van der Waals surface area contributed by atoms with Crippen LogP contribution >= 0.6 is 0 Å². The minimum absolute atomic E-state index is 0.0870. The van der Waals surface area contributed by atoms with Gasteiger partial charge in [-0.1, -0.05) is 19.3 Å². The smallest absolute Gasteiger partial charge is 0.274 e. The van der Waals surface area contributed by atoms with E-state index in [4.69, 9.17) is 5.73 Å². The second kappa shape index (κ2) is 5.07. The number of aromatic nitrogens is 3. The molecule has 0 unspecified atom stereocenters. The molecule has 0 saturated heterocycles. The zero-order chi connectivity index (χ0) is 12.3. The van der Waals surface area contributed by atoms with Crippen molar-refractivity contribution < 1.29 is 4.79 Å². The number of aryl methyl sites for hydroxylation is 1. The Morgan fingerprint density at radius 3 is 2.71 bits per heavy atom. The molecule has 17 heavy (non-hydrogen) atoms. The van der Waals surface area contributed by atoms with Crippen LogP contribution in [0.1, 0.15) is 48.4 Å². The molecule has 1 saturated carbocycles. The fraction of sp³-hybridized carbons (Fsp3) is 0.636. The summed E-state index contributed by atoms with van der Waals surface area (Å²) in [5.74, 6) is 0.296. The molecule has 92 valence electrons. The highest BCUT2D eigenvalue weighted by Gasteiger charge is 2.19. The molecule has 3 N–H and O–H groups in total. The van der Waals surface area contributed by atoms with E-state index in [-0.39, 0.29) is 23.5 Å². The van der Waals surface area contributed by atoms with E-state index in [2.05, 4.69) is 20.5 Å². The molecule has 1 amide bonds. The van der Waals surface area contributed by atoms with Crippen LogP contribution in [-0.2, 0) is 0 Å². The van der Waals surface area contributed by atoms with E-state index in [0.29, 0.717) is 5.82 Å². The number of hydrogen-bond acceptors (Lipinski definition) is 5. The van der Waals surface area contributed by atoms with Gasteiger partial charge in [-0.05, 0) is 19.8 Å². The molecule has 1 aliphatic rings. The van der Waals surface area contributed by atoms with E-state index in [9.17, 15) is 4.79 Å². The summed E-state index contributed by atoms with van der Waals surface area (Å²) in [5.41, 5.74) is 5.78. The van der Waals surface area contributed by atoms with Crippen LogP contribution in [0.15, 0.2) is 0 Å². The molecule has 0 aromatic carbocycles. The zero-order valence-electron chi connectivity index (χ0n) is 9.94. The molecule has 0 atom stereocenters. The highest BCUT2D eigenvalue weighted by Crippen LogP contribution is 2.18. The van der Waals surface area contributed by atoms with Crippen molar-refractivity contribution in [2.75, 3.05) is 5.73 Å². The van der Waals surface area contributed by atoms with E-state index >= 15 is 0 Å². The predicted molar refractivity (Wildman–Crippen MR) is 63.3 cm³/mol. The standard InChI is InChI=1S/C11H17N5O/c1-7-13-9(10(12)16-15-7)11(17)14-8-5-3-2-4-6-8/h8H,2-6H2,1H3,(H2,12,16)(H,14,17). The Labute approximate surface area is 100 Å². The second-order valence-corrected chi connectivity index (χ2v) is 4.40. The zero-order valence-corrected chi connectivity index (χ0v) is 9.94. The van der Waals surface area contributed by atoms with Gasteiger partial charge in [0.25, 0.3) is 5.91 Å². The number of nitrogens with one attached hydrogen (secondary N) is 1. The van der Waals surface area contributed by atoms with Crippen molar-refractivity contribution in [3.63, 3.8) is 0 Å². The fourth-order valence-electron chi connectivity index (χ4n) is 2.08. The summed E-state index contributed by atoms with van der Waals surface area (Å²) in [6, 6.07) is 0.242. The molecular formula is C11H17N5O. The lowest BCUT2D eigenvalue weighted by Crippen LogP contribution is -2.37. The number of amides is 1. The fourth-order valence-corrected chi connectivity index (χ4v) is 2.08. The Morgan fingerprint density at radius 1 is 1.29 bits per heavy atom. The van der Waals surface area contributed by atoms with Crippen LogP contribution in [0.3, 0.4) is 0 Å². The third-order valence-electron chi connectivity index (χ3n) is 2.97. The first-order chi connectivity index (χ1) is 8.16. The molecule has 1 aliphatic carbocycles. The van der Waals surface area contributed by atoms with Crippen molar-refractivity contribution in [3.05, 3.63) is 11.5 Å². The van der Waals surface area contributed by atoms with Gasteiger partial charge in [0, 0.05) is 6.04 Å². The van der Waals surface area contributed by atoms with Crippen LogP contribution in [0.2, 0.25) is 0 Å². The largest absolute Gasteiger partial charge is 0.380 e. The van der Waals surface area contributed by atoms with Gasteiger partial charge in [0.1, 0.15) is 5.82 Å². The first-order valence-corrected chi connectivity index (χ1v) is 5.94. The molecule has 0 aliphatic heterocycles. The number of nitrogens with zero attached hydrogens (tertiary/aromatic N) is 3. The van der Waals surface area contributed by atoms with E-state index in [1.54, 1.807) is 6.92 Å². The molecule has 0 bridgehead atoms. The summed E-state index contributed by atoms with van der Waals surface area (Å²) >= 11 is 0. The summed E-state index contributed by atoms with van der Waals surface area (Å²) in [6.07, 6.45) is 5.65. The summed E-state index contributed by atoms with van der Waals surface area (Å²) < 4.78 is 0. The molecular weight excluding hydrogens is 218 g/mol. The van der Waals surface area contributed by atoms with E-state index in [1.165, 1.54) is 19.3 Å². The van der Waals surface area contributed by atoms with Crippen molar-refractivity contribution in [3.8, 4) is 0 Å². The van der Waals surface area contributed by atoms with Crippen molar-refractivity contribution in [2.45, 2.75) is 45.1 Å². The van der Waals surface area contributed by atoms with Gasteiger partial charge < -0.3 is 11.1 Å². The van der Waals surface area contributed by atoms with Gasteiger partial charge in [-0.2, -0.15) is 0 Å². The number of carbonyl (C=O) groups is 1. The Morgan fingerprint density at radius 2 is 2.00 bits per heavy atom. The molecule has 1 heterocycles. The maximum absolute atomic E-state index is 12.0. The number of hydrogen-bond donors (Lipinski definition) is 2. The molecule has 2 rings (SSSR count). The normalized spacial score (nSPS) is 16.8. The van der Waals surface area contributed by atoms with Crippen molar-refractivity contribution in [2.24, 2.45) is 0 Å². The average molecular weight is 235 g/mol. The summed E-state index contributed by atoms with van der Waals surface area (Å²) in [7, 11) is 0. The Balaban J connectivity index is 2.05.